The van der Waals surface area contributed by atoms with Gasteiger partial charge in [0.1, 0.15) is 6.04 Å². The Kier molecular flexibility index (Phi) is 3.43. The van der Waals surface area contributed by atoms with Gasteiger partial charge in [-0.25, -0.2) is 4.79 Å². The molecule has 1 aliphatic heterocycles. The maximum Gasteiger partial charge on any atom is 0.395 e. The third-order valence-corrected chi connectivity index (χ3v) is 3.50. The molecule has 104 valence electrons. The molecule has 2 unspecified atom stereocenters. The van der Waals surface area contributed by atoms with Gasteiger partial charge in [0.05, 0.1) is 5.92 Å². The fraction of sp³-hybridized carbons (Fsp3) is 0.462. The monoisotopic (exact) mass is 273 g/mol. The first-order valence-corrected chi connectivity index (χ1v) is 5.97. The quantitative estimate of drug-likeness (QED) is 0.900. The number of rotatable bonds is 2. The number of halogens is 3. The average molecular weight is 273 g/mol. The molecule has 19 heavy (non-hydrogen) atoms. The number of aliphatic carboxylic acids is 1. The van der Waals surface area contributed by atoms with Crippen molar-refractivity contribution in [2.75, 3.05) is 11.4 Å². The zero-order chi connectivity index (χ0) is 14.2. The molecule has 0 aromatic heterocycles. The van der Waals surface area contributed by atoms with E-state index in [1.165, 1.54) is 17.9 Å². The van der Waals surface area contributed by atoms with Crippen molar-refractivity contribution in [2.24, 2.45) is 0 Å². The van der Waals surface area contributed by atoms with Crippen LogP contribution in [0.5, 0.6) is 0 Å². The second kappa shape index (κ2) is 4.75. The lowest BCUT2D eigenvalue weighted by molar-refractivity contribution is -0.152. The van der Waals surface area contributed by atoms with E-state index in [4.69, 9.17) is 5.11 Å². The molecule has 0 spiro atoms. The number of hydrogen-bond acceptors (Lipinski definition) is 2. The molecule has 1 aromatic carbocycles. The van der Waals surface area contributed by atoms with Crippen LogP contribution in [0.25, 0.3) is 0 Å². The van der Waals surface area contributed by atoms with Crippen molar-refractivity contribution in [3.8, 4) is 0 Å². The second-order valence-electron chi connectivity index (χ2n) is 4.65. The molecule has 1 heterocycles. The molecule has 0 saturated carbocycles. The summed E-state index contributed by atoms with van der Waals surface area (Å²) in [7, 11) is 0. The predicted octanol–water partition coefficient (Wildman–Crippen LogP) is 3.02. The molecule has 0 saturated heterocycles. The molecule has 0 aliphatic carbocycles. The number of fused-ring (bicyclic) bond motifs is 1. The van der Waals surface area contributed by atoms with Gasteiger partial charge in [-0.3, -0.25) is 0 Å². The van der Waals surface area contributed by atoms with Gasteiger partial charge in [0.25, 0.3) is 0 Å². The Balaban J connectivity index is 2.43. The van der Waals surface area contributed by atoms with Gasteiger partial charge < -0.3 is 10.0 Å². The smallest absolute Gasteiger partial charge is 0.395 e. The Morgan fingerprint density at radius 2 is 2.05 bits per heavy atom. The lowest BCUT2D eigenvalue weighted by Crippen LogP contribution is -2.44. The molecule has 6 heteroatoms. The number of alkyl halides is 3. The third-order valence-electron chi connectivity index (χ3n) is 3.50. The van der Waals surface area contributed by atoms with Crippen LogP contribution in [-0.4, -0.2) is 29.8 Å². The second-order valence-corrected chi connectivity index (χ2v) is 4.65. The molecule has 0 radical (unpaired) electrons. The molecule has 1 aliphatic rings. The van der Waals surface area contributed by atoms with Gasteiger partial charge in [-0.2, -0.15) is 13.2 Å². The molecule has 1 N–H and O–H groups in total. The Morgan fingerprint density at radius 1 is 1.42 bits per heavy atom. The van der Waals surface area contributed by atoms with Crippen LogP contribution >= 0.6 is 0 Å². The van der Waals surface area contributed by atoms with Crippen molar-refractivity contribution in [3.63, 3.8) is 0 Å². The largest absolute Gasteiger partial charge is 0.480 e. The summed E-state index contributed by atoms with van der Waals surface area (Å²) < 4.78 is 38.9. The Labute approximate surface area is 108 Å². The van der Waals surface area contributed by atoms with Crippen LogP contribution < -0.4 is 4.90 Å². The highest BCUT2D eigenvalue weighted by Gasteiger charge is 2.45. The number of nitrogens with zero attached hydrogens (tertiary/aromatic N) is 1. The molecule has 0 fully saturated rings. The van der Waals surface area contributed by atoms with E-state index in [1.54, 1.807) is 18.2 Å². The molecule has 2 atom stereocenters. The number of carboxylic acid groups (broad SMARTS) is 1. The molecular formula is C13H14F3NO2. The third kappa shape index (κ3) is 2.52. The van der Waals surface area contributed by atoms with Crippen LogP contribution in [0, 0.1) is 0 Å². The van der Waals surface area contributed by atoms with Gasteiger partial charge in [-0.05, 0) is 25.0 Å². The summed E-state index contributed by atoms with van der Waals surface area (Å²) in [6.07, 6.45) is -4.41. The van der Waals surface area contributed by atoms with E-state index in [1.807, 2.05) is 0 Å². The lowest BCUT2D eigenvalue weighted by Gasteiger charge is -2.38. The van der Waals surface area contributed by atoms with Crippen LogP contribution in [0.1, 0.15) is 24.8 Å². The van der Waals surface area contributed by atoms with Gasteiger partial charge in [-0.15, -0.1) is 0 Å². The van der Waals surface area contributed by atoms with Crippen LogP contribution in [-0.2, 0) is 4.79 Å². The van der Waals surface area contributed by atoms with E-state index in [2.05, 4.69) is 0 Å². The molecule has 0 bridgehead atoms. The van der Waals surface area contributed by atoms with Crippen molar-refractivity contribution in [1.82, 2.24) is 0 Å². The fourth-order valence-corrected chi connectivity index (χ4v) is 2.46. The zero-order valence-corrected chi connectivity index (χ0v) is 10.3. The molecular weight excluding hydrogens is 259 g/mol. The van der Waals surface area contributed by atoms with Gasteiger partial charge >= 0.3 is 12.1 Å². The molecule has 1 aromatic rings. The number of hydrogen-bond donors (Lipinski definition) is 1. The maximum absolute atomic E-state index is 13.0. The zero-order valence-electron chi connectivity index (χ0n) is 10.3. The number of carboxylic acids is 1. The summed E-state index contributed by atoms with van der Waals surface area (Å²) >= 11 is 0. The highest BCUT2D eigenvalue weighted by molar-refractivity contribution is 5.78. The Bertz CT molecular complexity index is 487. The topological polar surface area (TPSA) is 40.5 Å². The van der Waals surface area contributed by atoms with Crippen molar-refractivity contribution >= 4 is 11.7 Å². The first kappa shape index (κ1) is 13.7. The Morgan fingerprint density at radius 3 is 2.63 bits per heavy atom. The minimum atomic E-state index is -4.30. The minimum Gasteiger partial charge on any atom is -0.480 e. The van der Waals surface area contributed by atoms with E-state index in [0.29, 0.717) is 5.69 Å². The van der Waals surface area contributed by atoms with Crippen molar-refractivity contribution < 1.29 is 23.1 Å². The average Bonchev–Trinajstić information content (AvgIpc) is 2.35. The van der Waals surface area contributed by atoms with Gasteiger partial charge in [0.15, 0.2) is 0 Å². The van der Waals surface area contributed by atoms with E-state index in [-0.39, 0.29) is 18.5 Å². The van der Waals surface area contributed by atoms with E-state index in [9.17, 15) is 18.0 Å². The highest BCUT2D eigenvalue weighted by atomic mass is 19.4. The van der Waals surface area contributed by atoms with Gasteiger partial charge in [0, 0.05) is 12.2 Å². The van der Waals surface area contributed by atoms with Crippen molar-refractivity contribution in [1.29, 1.82) is 0 Å². The fourth-order valence-electron chi connectivity index (χ4n) is 2.46. The van der Waals surface area contributed by atoms with Gasteiger partial charge in [0.2, 0.25) is 0 Å². The molecule has 0 amide bonds. The lowest BCUT2D eigenvalue weighted by atomic mass is 9.88. The number of para-hydroxylation sites is 1. The van der Waals surface area contributed by atoms with E-state index in [0.717, 1.165) is 0 Å². The summed E-state index contributed by atoms with van der Waals surface area (Å²) in [6, 6.07) is 5.31. The minimum absolute atomic E-state index is 0.0919. The number of anilines is 1. The Hall–Kier alpha value is -1.72. The maximum atomic E-state index is 13.0. The number of carbonyl (C=O) groups is 1. The summed E-state index contributed by atoms with van der Waals surface area (Å²) in [4.78, 5) is 12.5. The van der Waals surface area contributed by atoms with Crippen LogP contribution in [0.4, 0.5) is 18.9 Å². The summed E-state index contributed by atoms with van der Waals surface area (Å²) in [6.45, 7) is 1.57. The number of benzene rings is 1. The first-order chi connectivity index (χ1) is 8.82. The van der Waals surface area contributed by atoms with E-state index >= 15 is 0 Å². The summed E-state index contributed by atoms with van der Waals surface area (Å²) in [5.41, 5.74) is 0.528. The predicted molar refractivity (Wildman–Crippen MR) is 64.3 cm³/mol. The highest BCUT2D eigenvalue weighted by Crippen LogP contribution is 2.45. The van der Waals surface area contributed by atoms with Gasteiger partial charge in [-0.1, -0.05) is 18.2 Å². The summed E-state index contributed by atoms with van der Waals surface area (Å²) in [5, 5.41) is 9.02. The van der Waals surface area contributed by atoms with Crippen LogP contribution in [0.15, 0.2) is 24.3 Å². The SMILES string of the molecule is CC(C(=O)O)N1CCC(C(F)(F)F)c2ccccc21. The molecule has 2 rings (SSSR count). The van der Waals surface area contributed by atoms with E-state index < -0.39 is 24.1 Å². The van der Waals surface area contributed by atoms with Crippen LogP contribution in [0.2, 0.25) is 0 Å². The molecule has 3 nitrogen and oxygen atoms in total. The van der Waals surface area contributed by atoms with Crippen LogP contribution in [0.3, 0.4) is 0 Å². The van der Waals surface area contributed by atoms with Crippen molar-refractivity contribution in [3.05, 3.63) is 29.8 Å². The van der Waals surface area contributed by atoms with Crippen molar-refractivity contribution in [2.45, 2.75) is 31.5 Å². The standard InChI is InChI=1S/C13H14F3NO2/c1-8(12(18)19)17-7-6-10(13(14,15)16)9-4-2-3-5-11(9)17/h2-5,8,10H,6-7H2,1H3,(H,18,19). The normalized spacial score (nSPS) is 20.8. The first-order valence-electron chi connectivity index (χ1n) is 5.97. The summed E-state index contributed by atoms with van der Waals surface area (Å²) in [5.74, 6) is -2.55.